The van der Waals surface area contributed by atoms with E-state index in [1.807, 2.05) is 6.07 Å². The Bertz CT molecular complexity index is 435. The molecule has 1 N–H and O–H groups in total. The Hall–Kier alpha value is -0.410. The molecule has 1 aromatic carbocycles. The molecule has 0 amide bonds. The second-order valence-corrected chi connectivity index (χ2v) is 6.99. The number of likely N-dealkylation sites (N-methyl/N-ethyl adjacent to an activating group) is 1. The van der Waals surface area contributed by atoms with E-state index in [0.29, 0.717) is 6.04 Å². The summed E-state index contributed by atoms with van der Waals surface area (Å²) in [5.41, 5.74) is 1.20. The largest absolute Gasteiger partial charge is 0.314 e. The zero-order valence-electron chi connectivity index (χ0n) is 12.5. The van der Waals surface area contributed by atoms with Gasteiger partial charge in [-0.25, -0.2) is 4.39 Å². The maximum Gasteiger partial charge on any atom is 0.124 e. The van der Waals surface area contributed by atoms with Gasteiger partial charge >= 0.3 is 0 Å². The monoisotopic (exact) mass is 341 g/mol. The first-order chi connectivity index (χ1) is 9.60. The molecule has 0 saturated heterocycles. The van der Waals surface area contributed by atoms with Crippen LogP contribution >= 0.6 is 15.9 Å². The van der Waals surface area contributed by atoms with Gasteiger partial charge in [0.05, 0.1) is 0 Å². The number of rotatable bonds is 5. The number of hydrogen-bond acceptors (Lipinski definition) is 1. The minimum atomic E-state index is -0.174. The predicted octanol–water partition coefficient (Wildman–Crippen LogP) is 4.94. The van der Waals surface area contributed by atoms with E-state index in [1.165, 1.54) is 31.2 Å². The third-order valence-electron chi connectivity index (χ3n) is 4.47. The van der Waals surface area contributed by atoms with Crippen molar-refractivity contribution < 1.29 is 4.39 Å². The number of nitrogens with one attached hydrogen (secondary N) is 1. The lowest BCUT2D eigenvalue weighted by Gasteiger charge is -2.34. The first-order valence-electron chi connectivity index (χ1n) is 7.77. The van der Waals surface area contributed by atoms with Crippen molar-refractivity contribution in [2.45, 2.75) is 52.0 Å². The van der Waals surface area contributed by atoms with Crippen LogP contribution < -0.4 is 5.32 Å². The lowest BCUT2D eigenvalue weighted by molar-refractivity contribution is 0.222. The molecular formula is C17H25BrFN. The van der Waals surface area contributed by atoms with Crippen LogP contribution in [0.2, 0.25) is 0 Å². The van der Waals surface area contributed by atoms with Crippen molar-refractivity contribution in [1.29, 1.82) is 0 Å². The van der Waals surface area contributed by atoms with Gasteiger partial charge in [-0.2, -0.15) is 0 Å². The smallest absolute Gasteiger partial charge is 0.124 e. The van der Waals surface area contributed by atoms with Crippen LogP contribution in [0.15, 0.2) is 22.7 Å². The molecule has 0 aromatic heterocycles. The van der Waals surface area contributed by atoms with Crippen LogP contribution in [0.3, 0.4) is 0 Å². The highest BCUT2D eigenvalue weighted by atomic mass is 79.9. The summed E-state index contributed by atoms with van der Waals surface area (Å²) >= 11 is 3.49. The van der Waals surface area contributed by atoms with Gasteiger partial charge in [0.15, 0.2) is 0 Å². The van der Waals surface area contributed by atoms with Crippen molar-refractivity contribution >= 4 is 15.9 Å². The van der Waals surface area contributed by atoms with Gasteiger partial charge in [-0.3, -0.25) is 0 Å². The minimum Gasteiger partial charge on any atom is -0.314 e. The van der Waals surface area contributed by atoms with Gasteiger partial charge in [-0.1, -0.05) is 48.7 Å². The lowest BCUT2D eigenvalue weighted by Crippen LogP contribution is -2.40. The van der Waals surface area contributed by atoms with Gasteiger partial charge < -0.3 is 5.32 Å². The Morgan fingerprint density at radius 3 is 2.85 bits per heavy atom. The Morgan fingerprint density at radius 2 is 2.20 bits per heavy atom. The molecule has 112 valence electrons. The molecule has 3 unspecified atom stereocenters. The van der Waals surface area contributed by atoms with Crippen molar-refractivity contribution in [3.05, 3.63) is 34.1 Å². The molecule has 1 aliphatic rings. The third-order valence-corrected chi connectivity index (χ3v) is 5.21. The highest BCUT2D eigenvalue weighted by molar-refractivity contribution is 9.10. The molecule has 1 nitrogen and oxygen atoms in total. The van der Waals surface area contributed by atoms with Crippen LogP contribution in [0.5, 0.6) is 0 Å². The van der Waals surface area contributed by atoms with Gasteiger partial charge in [0.25, 0.3) is 0 Å². The summed E-state index contributed by atoms with van der Waals surface area (Å²) in [6, 6.07) is 5.55. The van der Waals surface area contributed by atoms with Crippen LogP contribution in [0.25, 0.3) is 0 Å². The predicted molar refractivity (Wildman–Crippen MR) is 86.4 cm³/mol. The van der Waals surface area contributed by atoms with E-state index in [4.69, 9.17) is 0 Å². The van der Waals surface area contributed by atoms with Gasteiger partial charge in [0.2, 0.25) is 0 Å². The van der Waals surface area contributed by atoms with Crippen LogP contribution in [-0.2, 0) is 6.42 Å². The molecule has 1 aromatic rings. The summed E-state index contributed by atoms with van der Waals surface area (Å²) in [7, 11) is 0. The van der Waals surface area contributed by atoms with E-state index in [-0.39, 0.29) is 5.82 Å². The van der Waals surface area contributed by atoms with Gasteiger partial charge in [-0.15, -0.1) is 0 Å². The summed E-state index contributed by atoms with van der Waals surface area (Å²) in [6.45, 7) is 5.52. The second-order valence-electron chi connectivity index (χ2n) is 6.14. The Morgan fingerprint density at radius 1 is 1.40 bits per heavy atom. The Kier molecular flexibility index (Phi) is 6.03. The molecule has 0 heterocycles. The summed E-state index contributed by atoms with van der Waals surface area (Å²) in [4.78, 5) is 0. The molecule has 3 atom stereocenters. The fourth-order valence-electron chi connectivity index (χ4n) is 3.44. The molecule has 2 rings (SSSR count). The number of hydrogen-bond donors (Lipinski definition) is 1. The lowest BCUT2D eigenvalue weighted by atomic mass is 9.77. The normalized spacial score (nSPS) is 24.6. The average molecular weight is 342 g/mol. The molecule has 1 aliphatic carbocycles. The SMILES string of the molecule is CCNC(Cc1ccc(F)cc1Br)C1CCCC(C)C1. The summed E-state index contributed by atoms with van der Waals surface area (Å²) in [6.07, 6.45) is 6.33. The zero-order chi connectivity index (χ0) is 14.5. The first kappa shape index (κ1) is 16.0. The molecule has 0 bridgehead atoms. The van der Waals surface area contributed by atoms with Crippen molar-refractivity contribution in [2.24, 2.45) is 11.8 Å². The van der Waals surface area contributed by atoms with E-state index < -0.39 is 0 Å². The molecule has 0 aliphatic heterocycles. The summed E-state index contributed by atoms with van der Waals surface area (Å²) in [5, 5.41) is 3.65. The first-order valence-corrected chi connectivity index (χ1v) is 8.56. The van der Waals surface area contributed by atoms with Crippen molar-refractivity contribution in [3.63, 3.8) is 0 Å². The molecule has 1 saturated carbocycles. The summed E-state index contributed by atoms with van der Waals surface area (Å²) < 4.78 is 14.1. The van der Waals surface area contributed by atoms with Crippen LogP contribution in [-0.4, -0.2) is 12.6 Å². The molecule has 20 heavy (non-hydrogen) atoms. The fourth-order valence-corrected chi connectivity index (χ4v) is 3.95. The maximum absolute atomic E-state index is 13.2. The van der Waals surface area contributed by atoms with Gasteiger partial charge in [0, 0.05) is 10.5 Å². The Labute approximate surface area is 130 Å². The van der Waals surface area contributed by atoms with E-state index in [1.54, 1.807) is 12.1 Å². The van der Waals surface area contributed by atoms with Gasteiger partial charge in [-0.05, 0) is 55.3 Å². The molecule has 0 spiro atoms. The third kappa shape index (κ3) is 4.29. The van der Waals surface area contributed by atoms with Crippen molar-refractivity contribution in [3.8, 4) is 0 Å². The maximum atomic E-state index is 13.2. The van der Waals surface area contributed by atoms with E-state index >= 15 is 0 Å². The van der Waals surface area contributed by atoms with E-state index in [0.717, 1.165) is 29.3 Å². The Balaban J connectivity index is 2.08. The van der Waals surface area contributed by atoms with Crippen LogP contribution in [0.1, 0.15) is 45.1 Å². The quantitative estimate of drug-likeness (QED) is 0.800. The number of halogens is 2. The molecular weight excluding hydrogens is 317 g/mol. The van der Waals surface area contributed by atoms with E-state index in [2.05, 4.69) is 35.1 Å². The van der Waals surface area contributed by atoms with Crippen LogP contribution in [0, 0.1) is 17.7 Å². The molecule has 0 radical (unpaired) electrons. The highest BCUT2D eigenvalue weighted by Crippen LogP contribution is 2.32. The standard InChI is InChI=1S/C17H25BrFN/c1-3-20-17(14-6-4-5-12(2)9-14)10-13-7-8-15(19)11-16(13)18/h7-8,11-12,14,17,20H,3-6,9-10H2,1-2H3. The fraction of sp³-hybridized carbons (Fsp3) is 0.647. The summed E-state index contributed by atoms with van der Waals surface area (Å²) in [5.74, 6) is 1.41. The second kappa shape index (κ2) is 7.56. The van der Waals surface area contributed by atoms with Crippen LogP contribution in [0.4, 0.5) is 4.39 Å². The average Bonchev–Trinajstić information content (AvgIpc) is 2.41. The van der Waals surface area contributed by atoms with Crippen molar-refractivity contribution in [2.75, 3.05) is 6.54 Å². The number of benzene rings is 1. The molecule has 1 fully saturated rings. The minimum absolute atomic E-state index is 0.174. The van der Waals surface area contributed by atoms with Gasteiger partial charge in [0.1, 0.15) is 5.82 Å². The zero-order valence-corrected chi connectivity index (χ0v) is 14.0. The topological polar surface area (TPSA) is 12.0 Å². The highest BCUT2D eigenvalue weighted by Gasteiger charge is 2.26. The van der Waals surface area contributed by atoms with E-state index in [9.17, 15) is 4.39 Å². The molecule has 3 heteroatoms. The van der Waals surface area contributed by atoms with Crippen molar-refractivity contribution in [1.82, 2.24) is 5.32 Å².